The maximum atomic E-state index is 12.6. The van der Waals surface area contributed by atoms with Crippen LogP contribution < -0.4 is 0 Å². The Balaban J connectivity index is 1.54. The van der Waals surface area contributed by atoms with Crippen LogP contribution in [0.2, 0.25) is 5.02 Å². The van der Waals surface area contributed by atoms with Gasteiger partial charge >= 0.3 is 0 Å². The predicted molar refractivity (Wildman–Crippen MR) is 132 cm³/mol. The molecule has 6 heteroatoms. The van der Waals surface area contributed by atoms with E-state index in [2.05, 4.69) is 42.9 Å². The van der Waals surface area contributed by atoms with Crippen LogP contribution in [0.25, 0.3) is 22.3 Å². The molecule has 1 aliphatic rings. The molecule has 3 heterocycles. The van der Waals surface area contributed by atoms with Gasteiger partial charge in [-0.15, -0.1) is 0 Å². The molecule has 4 rings (SSSR count). The van der Waals surface area contributed by atoms with Crippen molar-refractivity contribution >= 4 is 17.5 Å². The Labute approximate surface area is 200 Å². The highest BCUT2D eigenvalue weighted by Gasteiger charge is 2.21. The molecule has 33 heavy (non-hydrogen) atoms. The van der Waals surface area contributed by atoms with Gasteiger partial charge in [0, 0.05) is 64.5 Å². The van der Waals surface area contributed by atoms with Gasteiger partial charge < -0.3 is 10.0 Å². The van der Waals surface area contributed by atoms with Crippen molar-refractivity contribution in [1.82, 2.24) is 14.9 Å². The highest BCUT2D eigenvalue weighted by Crippen LogP contribution is 2.32. The lowest BCUT2D eigenvalue weighted by Gasteiger charge is -2.29. The van der Waals surface area contributed by atoms with Gasteiger partial charge in [0.1, 0.15) is 0 Å². The number of rotatable bonds is 4. The van der Waals surface area contributed by atoms with E-state index in [0.717, 1.165) is 33.5 Å². The fourth-order valence-corrected chi connectivity index (χ4v) is 4.38. The molecule has 2 aromatic heterocycles. The predicted octanol–water partition coefficient (Wildman–Crippen LogP) is 5.29. The van der Waals surface area contributed by atoms with Crippen LogP contribution in [0.5, 0.6) is 0 Å². The second kappa shape index (κ2) is 9.62. The van der Waals surface area contributed by atoms with Gasteiger partial charge in [-0.3, -0.25) is 14.8 Å². The van der Waals surface area contributed by atoms with Crippen molar-refractivity contribution in [3.05, 3.63) is 71.3 Å². The molecule has 1 aromatic carbocycles. The van der Waals surface area contributed by atoms with E-state index in [-0.39, 0.29) is 17.4 Å². The van der Waals surface area contributed by atoms with Gasteiger partial charge in [0.05, 0.1) is 12.5 Å². The quantitative estimate of drug-likeness (QED) is 0.571. The normalized spacial score (nSPS) is 15.0. The third-order valence-corrected chi connectivity index (χ3v) is 6.43. The van der Waals surface area contributed by atoms with Crippen molar-refractivity contribution < 1.29 is 9.90 Å². The first-order chi connectivity index (χ1) is 15.7. The van der Waals surface area contributed by atoms with Gasteiger partial charge in [0.2, 0.25) is 5.91 Å². The van der Waals surface area contributed by atoms with Crippen molar-refractivity contribution in [3.8, 4) is 22.3 Å². The van der Waals surface area contributed by atoms with Gasteiger partial charge in [0.15, 0.2) is 0 Å². The second-order valence-electron chi connectivity index (χ2n) is 9.74. The Morgan fingerprint density at radius 2 is 1.79 bits per heavy atom. The number of aliphatic hydroxyl groups is 1. The molecule has 1 N–H and O–H groups in total. The van der Waals surface area contributed by atoms with Crippen LogP contribution in [-0.4, -0.2) is 45.1 Å². The summed E-state index contributed by atoms with van der Waals surface area (Å²) in [6, 6.07) is 12.0. The van der Waals surface area contributed by atoms with Crippen LogP contribution >= 0.6 is 11.6 Å². The number of carbonyl (C=O) groups excluding carboxylic acids is 1. The molecule has 0 saturated carbocycles. The molecule has 1 amide bonds. The van der Waals surface area contributed by atoms with E-state index in [1.807, 2.05) is 41.6 Å². The van der Waals surface area contributed by atoms with Crippen molar-refractivity contribution in [1.29, 1.82) is 0 Å². The molecule has 3 aromatic rings. The Kier molecular flexibility index (Phi) is 6.82. The van der Waals surface area contributed by atoms with Crippen LogP contribution in [-0.2, 0) is 16.6 Å². The number of carbonyl (C=O) groups is 1. The third kappa shape index (κ3) is 5.60. The SMILES string of the molecule is CC(C)(C)c1cc(-c2cncc(-c3ccc(CC(=O)N4CCC(O)CC4)cc3Cl)c2)ccn1. The number of pyridine rings is 2. The maximum Gasteiger partial charge on any atom is 0.226 e. The fraction of sp³-hybridized carbons (Fsp3) is 0.370. The number of benzene rings is 1. The zero-order valence-corrected chi connectivity index (χ0v) is 20.1. The lowest BCUT2D eigenvalue weighted by molar-refractivity contribution is -0.132. The zero-order chi connectivity index (χ0) is 23.6. The highest BCUT2D eigenvalue weighted by atomic mass is 35.5. The van der Waals surface area contributed by atoms with Gasteiger partial charge in [-0.2, -0.15) is 0 Å². The van der Waals surface area contributed by atoms with Crippen LogP contribution in [0.4, 0.5) is 0 Å². The summed E-state index contributed by atoms with van der Waals surface area (Å²) in [5.74, 6) is 0.0710. The number of hydrogen-bond acceptors (Lipinski definition) is 4. The Morgan fingerprint density at radius 1 is 1.06 bits per heavy atom. The molecular weight excluding hydrogens is 434 g/mol. The Bertz CT molecular complexity index is 1150. The van der Waals surface area contributed by atoms with Gasteiger partial charge in [-0.1, -0.05) is 44.5 Å². The minimum atomic E-state index is -0.292. The van der Waals surface area contributed by atoms with Crippen molar-refractivity contribution in [3.63, 3.8) is 0 Å². The first-order valence-corrected chi connectivity index (χ1v) is 11.7. The minimum absolute atomic E-state index is 0.0361. The maximum absolute atomic E-state index is 12.6. The molecule has 0 unspecified atom stereocenters. The van der Waals surface area contributed by atoms with Gasteiger partial charge in [0.25, 0.3) is 0 Å². The summed E-state index contributed by atoms with van der Waals surface area (Å²) in [6.45, 7) is 7.66. The number of hydrogen-bond donors (Lipinski definition) is 1. The molecular formula is C27H30ClN3O2. The summed E-state index contributed by atoms with van der Waals surface area (Å²) in [5.41, 5.74) is 5.75. The average Bonchev–Trinajstić information content (AvgIpc) is 2.79. The monoisotopic (exact) mass is 463 g/mol. The fourth-order valence-electron chi connectivity index (χ4n) is 4.07. The minimum Gasteiger partial charge on any atom is -0.393 e. The molecule has 172 valence electrons. The molecule has 0 atom stereocenters. The Morgan fingerprint density at radius 3 is 2.48 bits per heavy atom. The summed E-state index contributed by atoms with van der Waals surface area (Å²) in [5, 5.41) is 10.2. The largest absolute Gasteiger partial charge is 0.393 e. The zero-order valence-electron chi connectivity index (χ0n) is 19.4. The van der Waals surface area contributed by atoms with E-state index < -0.39 is 0 Å². The van der Waals surface area contributed by atoms with E-state index in [1.54, 1.807) is 6.20 Å². The number of piperidine rings is 1. The van der Waals surface area contributed by atoms with Gasteiger partial charge in [-0.25, -0.2) is 0 Å². The van der Waals surface area contributed by atoms with Crippen LogP contribution in [0.15, 0.2) is 55.0 Å². The lowest BCUT2D eigenvalue weighted by Crippen LogP contribution is -2.40. The lowest BCUT2D eigenvalue weighted by atomic mass is 9.90. The standard InChI is InChI=1S/C27H30ClN3O2/c1-27(2,3)25-15-19(6-9-30-25)20-14-21(17-29-16-20)23-5-4-18(12-24(23)28)13-26(33)31-10-7-22(32)8-11-31/h4-6,9,12,14-17,22,32H,7-8,10-11,13H2,1-3H3. The number of halogens is 1. The van der Waals surface area contributed by atoms with Crippen LogP contribution in [0.1, 0.15) is 44.9 Å². The van der Waals surface area contributed by atoms with E-state index in [9.17, 15) is 9.90 Å². The molecule has 0 bridgehead atoms. The first-order valence-electron chi connectivity index (χ1n) is 11.4. The van der Waals surface area contributed by atoms with E-state index >= 15 is 0 Å². The number of aromatic nitrogens is 2. The molecule has 1 fully saturated rings. The average molecular weight is 464 g/mol. The summed E-state index contributed by atoms with van der Waals surface area (Å²) < 4.78 is 0. The number of amides is 1. The van der Waals surface area contributed by atoms with E-state index in [4.69, 9.17) is 11.6 Å². The molecule has 1 saturated heterocycles. The highest BCUT2D eigenvalue weighted by molar-refractivity contribution is 6.33. The second-order valence-corrected chi connectivity index (χ2v) is 10.2. The topological polar surface area (TPSA) is 66.3 Å². The Hall–Kier alpha value is -2.76. The molecule has 0 radical (unpaired) electrons. The van der Waals surface area contributed by atoms with E-state index in [0.29, 0.717) is 37.4 Å². The van der Waals surface area contributed by atoms with Crippen LogP contribution in [0.3, 0.4) is 0 Å². The summed E-state index contributed by atoms with van der Waals surface area (Å²) >= 11 is 6.64. The first kappa shape index (κ1) is 23.4. The smallest absolute Gasteiger partial charge is 0.226 e. The summed E-state index contributed by atoms with van der Waals surface area (Å²) in [6.07, 6.45) is 6.79. The molecule has 0 aliphatic carbocycles. The summed E-state index contributed by atoms with van der Waals surface area (Å²) in [4.78, 5) is 23.4. The molecule has 5 nitrogen and oxygen atoms in total. The number of aliphatic hydroxyl groups excluding tert-OH is 1. The third-order valence-electron chi connectivity index (χ3n) is 6.12. The van der Waals surface area contributed by atoms with Crippen LogP contribution in [0, 0.1) is 0 Å². The van der Waals surface area contributed by atoms with Gasteiger partial charge in [-0.05, 0) is 48.2 Å². The molecule has 1 aliphatic heterocycles. The molecule has 0 spiro atoms. The summed E-state index contributed by atoms with van der Waals surface area (Å²) in [7, 11) is 0. The van der Waals surface area contributed by atoms with E-state index in [1.165, 1.54) is 0 Å². The number of likely N-dealkylation sites (tertiary alicyclic amines) is 1. The number of nitrogens with zero attached hydrogens (tertiary/aromatic N) is 3. The van der Waals surface area contributed by atoms with Crippen molar-refractivity contribution in [2.45, 2.75) is 51.6 Å². The van der Waals surface area contributed by atoms with Crippen molar-refractivity contribution in [2.24, 2.45) is 0 Å². The van der Waals surface area contributed by atoms with Crippen molar-refractivity contribution in [2.75, 3.05) is 13.1 Å².